The molecule has 1 aromatic heterocycles. The van der Waals surface area contributed by atoms with Crippen molar-refractivity contribution in [3.8, 4) is 22.1 Å². The number of hydrogen-bond donors (Lipinski definition) is 1. The molecule has 4 rings (SSSR count). The molecule has 0 aliphatic carbocycles. The summed E-state index contributed by atoms with van der Waals surface area (Å²) < 4.78 is 49.0. The van der Waals surface area contributed by atoms with Crippen LogP contribution in [-0.2, 0) is 11.0 Å². The Bertz CT molecular complexity index is 1010. The van der Waals surface area contributed by atoms with Crippen LogP contribution >= 0.6 is 11.3 Å². The minimum absolute atomic E-state index is 0.0490. The molecule has 2 heterocycles. The molecular weight excluding hydrogens is 395 g/mol. The van der Waals surface area contributed by atoms with E-state index in [0.717, 1.165) is 23.5 Å². The van der Waals surface area contributed by atoms with Crippen LogP contribution in [-0.4, -0.2) is 28.8 Å². The summed E-state index contributed by atoms with van der Waals surface area (Å²) in [6, 6.07) is 11.6. The number of nitrogens with one attached hydrogen (secondary N) is 1. The molecule has 0 saturated heterocycles. The largest absolute Gasteiger partial charge is 0.485 e. The molecule has 1 N–H and O–H groups in total. The second-order valence-electron chi connectivity index (χ2n) is 5.84. The number of alkyl halides is 3. The first-order valence-electron chi connectivity index (χ1n) is 8.10. The van der Waals surface area contributed by atoms with Crippen molar-refractivity contribution in [2.45, 2.75) is 12.3 Å². The fraction of sp³-hybridized carbons (Fsp3) is 0.167. The predicted octanol–water partition coefficient (Wildman–Crippen LogP) is 4.00. The van der Waals surface area contributed by atoms with Crippen molar-refractivity contribution in [3.05, 3.63) is 54.1 Å². The van der Waals surface area contributed by atoms with Gasteiger partial charge in [0.1, 0.15) is 11.6 Å². The lowest BCUT2D eigenvalue weighted by Gasteiger charge is -2.25. The summed E-state index contributed by atoms with van der Waals surface area (Å²) in [5.74, 6) is 0.577. The molecule has 1 aliphatic rings. The number of benzene rings is 2. The first kappa shape index (κ1) is 18.2. The van der Waals surface area contributed by atoms with E-state index in [1.165, 1.54) is 12.1 Å². The van der Waals surface area contributed by atoms with Crippen LogP contribution in [0.4, 0.5) is 18.3 Å². The minimum Gasteiger partial charge on any atom is -0.485 e. The number of amides is 1. The van der Waals surface area contributed by atoms with E-state index in [0.29, 0.717) is 22.1 Å². The Labute approximate surface area is 160 Å². The molecule has 2 aromatic carbocycles. The average molecular weight is 407 g/mol. The molecule has 3 aromatic rings. The lowest BCUT2D eigenvalue weighted by Crippen LogP contribution is -2.40. The summed E-state index contributed by atoms with van der Waals surface area (Å²) in [5, 5.41) is 11.0. The fourth-order valence-corrected chi connectivity index (χ4v) is 3.28. The number of carbonyl (C=O) groups is 1. The second-order valence-corrected chi connectivity index (χ2v) is 6.82. The van der Waals surface area contributed by atoms with Crippen LogP contribution in [0.5, 0.6) is 11.5 Å². The number of hydrogen-bond acceptors (Lipinski definition) is 6. The van der Waals surface area contributed by atoms with Crippen LogP contribution in [0.25, 0.3) is 10.6 Å². The van der Waals surface area contributed by atoms with Gasteiger partial charge in [0.05, 0.1) is 5.56 Å². The maximum absolute atomic E-state index is 12.6. The van der Waals surface area contributed by atoms with Crippen LogP contribution in [0.15, 0.2) is 48.5 Å². The third-order valence-electron chi connectivity index (χ3n) is 3.92. The maximum atomic E-state index is 12.6. The van der Waals surface area contributed by atoms with Gasteiger partial charge in [-0.2, -0.15) is 13.2 Å². The van der Waals surface area contributed by atoms with Gasteiger partial charge in [-0.3, -0.25) is 10.1 Å². The van der Waals surface area contributed by atoms with Crippen LogP contribution in [0.2, 0.25) is 0 Å². The number of aromatic nitrogens is 2. The number of nitrogens with zero attached hydrogens (tertiary/aromatic N) is 2. The minimum atomic E-state index is -4.40. The van der Waals surface area contributed by atoms with Crippen LogP contribution < -0.4 is 14.8 Å². The van der Waals surface area contributed by atoms with Gasteiger partial charge in [0.25, 0.3) is 5.91 Å². The molecule has 144 valence electrons. The quantitative estimate of drug-likeness (QED) is 0.711. The van der Waals surface area contributed by atoms with Crippen molar-refractivity contribution in [2.24, 2.45) is 0 Å². The van der Waals surface area contributed by atoms with E-state index in [1.54, 1.807) is 24.3 Å². The number of rotatable bonds is 3. The van der Waals surface area contributed by atoms with E-state index in [9.17, 15) is 18.0 Å². The van der Waals surface area contributed by atoms with E-state index in [-0.39, 0.29) is 11.7 Å². The Hall–Kier alpha value is -3.14. The number of carbonyl (C=O) groups excluding carboxylic acids is 1. The van der Waals surface area contributed by atoms with Gasteiger partial charge in [0, 0.05) is 5.56 Å². The lowest BCUT2D eigenvalue weighted by molar-refractivity contribution is -0.137. The van der Waals surface area contributed by atoms with E-state index in [4.69, 9.17) is 9.47 Å². The summed E-state index contributed by atoms with van der Waals surface area (Å²) in [6.07, 6.45) is -5.26. The van der Waals surface area contributed by atoms with Crippen molar-refractivity contribution in [3.63, 3.8) is 0 Å². The lowest BCUT2D eigenvalue weighted by atomic mass is 10.1. The standard InChI is InChI=1S/C18H12F3N3O3S/c19-18(20,21)11-7-5-10(6-8-11)16-23-24-17(28-16)22-15(25)14-9-26-12-3-1-2-4-13(12)27-14/h1-8,14H,9H2,(H,22,24,25)/t14-/m0/s1. The van der Waals surface area contributed by atoms with Crippen molar-refractivity contribution >= 4 is 22.4 Å². The van der Waals surface area contributed by atoms with Crippen LogP contribution in [0.1, 0.15) is 5.56 Å². The number of para-hydroxylation sites is 2. The van der Waals surface area contributed by atoms with Gasteiger partial charge in [0.2, 0.25) is 11.2 Å². The molecule has 0 saturated carbocycles. The highest BCUT2D eigenvalue weighted by Crippen LogP contribution is 2.33. The SMILES string of the molecule is O=C(Nc1nnc(-c2ccc(C(F)(F)F)cc2)s1)[C@@H]1COc2ccccc2O1. The molecule has 1 amide bonds. The van der Waals surface area contributed by atoms with Crippen molar-refractivity contribution in [1.29, 1.82) is 0 Å². The van der Waals surface area contributed by atoms with Crippen molar-refractivity contribution in [1.82, 2.24) is 10.2 Å². The maximum Gasteiger partial charge on any atom is 0.416 e. The molecule has 0 fully saturated rings. The number of halogens is 3. The van der Waals surface area contributed by atoms with Gasteiger partial charge in [-0.05, 0) is 24.3 Å². The van der Waals surface area contributed by atoms with E-state index < -0.39 is 23.8 Å². The van der Waals surface area contributed by atoms with E-state index in [2.05, 4.69) is 15.5 Å². The smallest absolute Gasteiger partial charge is 0.416 e. The molecule has 0 bridgehead atoms. The Morgan fingerprint density at radius 2 is 1.79 bits per heavy atom. The summed E-state index contributed by atoms with van der Waals surface area (Å²) in [7, 11) is 0. The third kappa shape index (κ3) is 3.77. The van der Waals surface area contributed by atoms with Gasteiger partial charge >= 0.3 is 6.18 Å². The van der Waals surface area contributed by atoms with Crippen molar-refractivity contribution in [2.75, 3.05) is 11.9 Å². The molecule has 1 atom stereocenters. The Balaban J connectivity index is 1.43. The topological polar surface area (TPSA) is 73.3 Å². The summed E-state index contributed by atoms with van der Waals surface area (Å²) >= 11 is 1.05. The molecular formula is C18H12F3N3O3S. The van der Waals surface area contributed by atoms with Crippen LogP contribution in [0.3, 0.4) is 0 Å². The summed E-state index contributed by atoms with van der Waals surface area (Å²) in [5.41, 5.74) is -0.277. The predicted molar refractivity (Wildman–Crippen MR) is 95.3 cm³/mol. The fourth-order valence-electron chi connectivity index (χ4n) is 2.53. The first-order chi connectivity index (χ1) is 13.4. The summed E-state index contributed by atoms with van der Waals surface area (Å²) in [6.45, 7) is 0.0490. The molecule has 0 unspecified atom stereocenters. The Morgan fingerprint density at radius 1 is 1.07 bits per heavy atom. The Morgan fingerprint density at radius 3 is 2.50 bits per heavy atom. The summed E-state index contributed by atoms with van der Waals surface area (Å²) in [4.78, 5) is 12.4. The zero-order valence-corrected chi connectivity index (χ0v) is 14.9. The van der Waals surface area contributed by atoms with Crippen molar-refractivity contribution < 1.29 is 27.4 Å². The molecule has 1 aliphatic heterocycles. The monoisotopic (exact) mass is 407 g/mol. The highest BCUT2D eigenvalue weighted by atomic mass is 32.1. The highest BCUT2D eigenvalue weighted by Gasteiger charge is 2.30. The second kappa shape index (κ2) is 7.12. The van der Waals surface area contributed by atoms with Gasteiger partial charge < -0.3 is 9.47 Å². The van der Waals surface area contributed by atoms with E-state index in [1.807, 2.05) is 0 Å². The zero-order chi connectivity index (χ0) is 19.7. The molecule has 10 heteroatoms. The number of anilines is 1. The van der Waals surface area contributed by atoms with E-state index >= 15 is 0 Å². The Kier molecular flexibility index (Phi) is 4.63. The van der Waals surface area contributed by atoms with Crippen LogP contribution in [0, 0.1) is 0 Å². The van der Waals surface area contributed by atoms with Gasteiger partial charge in [-0.15, -0.1) is 10.2 Å². The number of fused-ring (bicyclic) bond motifs is 1. The molecule has 0 radical (unpaired) electrons. The zero-order valence-electron chi connectivity index (χ0n) is 14.1. The normalized spacial score (nSPS) is 15.9. The molecule has 0 spiro atoms. The highest BCUT2D eigenvalue weighted by molar-refractivity contribution is 7.18. The number of ether oxygens (including phenoxy) is 2. The first-order valence-corrected chi connectivity index (χ1v) is 8.92. The third-order valence-corrected chi connectivity index (χ3v) is 4.80. The van der Waals surface area contributed by atoms with Gasteiger partial charge in [-0.25, -0.2) is 0 Å². The van der Waals surface area contributed by atoms with Gasteiger partial charge in [0.15, 0.2) is 11.5 Å². The molecule has 28 heavy (non-hydrogen) atoms. The molecule has 6 nitrogen and oxygen atoms in total. The van der Waals surface area contributed by atoms with Gasteiger partial charge in [-0.1, -0.05) is 35.6 Å². The average Bonchev–Trinajstić information content (AvgIpc) is 3.15.